The molecule has 2 N–H and O–H groups in total. The molecule has 3 rings (SSSR count). The molecule has 0 bridgehead atoms. The van der Waals surface area contributed by atoms with Gasteiger partial charge in [0.2, 0.25) is 0 Å². The summed E-state index contributed by atoms with van der Waals surface area (Å²) in [6.45, 7) is 0. The molecule has 17 heavy (non-hydrogen) atoms. The van der Waals surface area contributed by atoms with Crippen LogP contribution in [0.25, 0.3) is 11.6 Å². The van der Waals surface area contributed by atoms with E-state index in [0.717, 1.165) is 24.4 Å². The summed E-state index contributed by atoms with van der Waals surface area (Å²) in [4.78, 5) is 13.2. The summed E-state index contributed by atoms with van der Waals surface area (Å²) in [5, 5.41) is 9.77. The first-order valence-corrected chi connectivity index (χ1v) is 5.82. The van der Waals surface area contributed by atoms with E-state index < -0.39 is 0 Å². The molecule has 2 aromatic rings. The van der Waals surface area contributed by atoms with Crippen molar-refractivity contribution in [2.24, 2.45) is 0 Å². The molecule has 0 radical (unpaired) electrons. The fraction of sp³-hybridized carbons (Fsp3) is 0.455. The summed E-state index contributed by atoms with van der Waals surface area (Å²) >= 11 is 0. The minimum atomic E-state index is 0.618. The van der Waals surface area contributed by atoms with E-state index >= 15 is 0 Å². The molecule has 88 valence electrons. The summed E-state index contributed by atoms with van der Waals surface area (Å²) in [7, 11) is 1.89. The van der Waals surface area contributed by atoms with Gasteiger partial charge in [0.1, 0.15) is 12.1 Å². The van der Waals surface area contributed by atoms with Crippen LogP contribution < -0.4 is 5.32 Å². The van der Waals surface area contributed by atoms with Crippen LogP contribution in [-0.2, 0) is 12.8 Å². The number of aryl methyl sites for hydroxylation is 1. The lowest BCUT2D eigenvalue weighted by molar-refractivity contribution is 0.664. The molecule has 0 spiro atoms. The van der Waals surface area contributed by atoms with Crippen molar-refractivity contribution in [1.29, 1.82) is 0 Å². The first-order valence-electron chi connectivity index (χ1n) is 5.82. The molecule has 6 heteroatoms. The van der Waals surface area contributed by atoms with Crippen molar-refractivity contribution in [1.82, 2.24) is 25.1 Å². The van der Waals surface area contributed by atoms with Crippen molar-refractivity contribution >= 4 is 5.82 Å². The molecule has 2 aromatic heterocycles. The summed E-state index contributed by atoms with van der Waals surface area (Å²) in [6.07, 6.45) is 5.96. The minimum Gasteiger partial charge on any atom is -0.373 e. The number of nitrogens with zero attached hydrogens (tertiary/aromatic N) is 4. The Bertz CT molecular complexity index is 502. The van der Waals surface area contributed by atoms with Crippen molar-refractivity contribution < 1.29 is 0 Å². The van der Waals surface area contributed by atoms with Crippen LogP contribution in [0.2, 0.25) is 0 Å². The van der Waals surface area contributed by atoms with E-state index in [1.807, 2.05) is 7.05 Å². The predicted molar refractivity (Wildman–Crippen MR) is 63.6 cm³/mol. The van der Waals surface area contributed by atoms with E-state index in [1.54, 1.807) is 0 Å². The lowest BCUT2D eigenvalue weighted by Gasteiger charge is -2.18. The third kappa shape index (κ3) is 1.75. The number of aromatic amines is 1. The second-order valence-corrected chi connectivity index (χ2v) is 4.11. The van der Waals surface area contributed by atoms with E-state index in [9.17, 15) is 0 Å². The molecule has 1 aliphatic carbocycles. The van der Waals surface area contributed by atoms with Gasteiger partial charge >= 0.3 is 0 Å². The zero-order valence-corrected chi connectivity index (χ0v) is 9.69. The molecule has 0 amide bonds. The number of anilines is 1. The first-order chi connectivity index (χ1) is 8.38. The highest BCUT2D eigenvalue weighted by molar-refractivity contribution is 5.54. The maximum atomic E-state index is 4.58. The minimum absolute atomic E-state index is 0.618. The summed E-state index contributed by atoms with van der Waals surface area (Å²) in [5.41, 5.74) is 2.39. The number of nitrogens with one attached hydrogen (secondary N) is 2. The lowest BCUT2D eigenvalue weighted by Crippen LogP contribution is -2.12. The number of hydrogen-bond donors (Lipinski definition) is 2. The second kappa shape index (κ2) is 4.12. The molecule has 1 aliphatic rings. The molecule has 0 atom stereocenters. The maximum Gasteiger partial charge on any atom is 0.199 e. The molecule has 0 unspecified atom stereocenters. The van der Waals surface area contributed by atoms with Gasteiger partial charge in [-0.05, 0) is 25.7 Å². The monoisotopic (exact) mass is 230 g/mol. The van der Waals surface area contributed by atoms with Crippen molar-refractivity contribution in [3.63, 3.8) is 0 Å². The van der Waals surface area contributed by atoms with Gasteiger partial charge in [-0.2, -0.15) is 5.10 Å². The zero-order chi connectivity index (χ0) is 11.7. The standard InChI is InChI=1S/C11H14N6/c1-12-9-7-4-2-3-5-8(7)15-11(16-9)10-13-6-14-17-10/h6H,2-5H2,1H3,(H,12,15,16)(H,13,14,17). The van der Waals surface area contributed by atoms with Gasteiger partial charge in [0.15, 0.2) is 11.6 Å². The highest BCUT2D eigenvalue weighted by atomic mass is 15.2. The van der Waals surface area contributed by atoms with E-state index in [4.69, 9.17) is 0 Å². The number of hydrogen-bond acceptors (Lipinski definition) is 5. The number of fused-ring (bicyclic) bond motifs is 1. The Labute approximate surface area is 98.9 Å². The van der Waals surface area contributed by atoms with Gasteiger partial charge in [0, 0.05) is 18.3 Å². The quantitative estimate of drug-likeness (QED) is 0.810. The Morgan fingerprint density at radius 2 is 2.12 bits per heavy atom. The zero-order valence-electron chi connectivity index (χ0n) is 9.69. The predicted octanol–water partition coefficient (Wildman–Crippen LogP) is 1.18. The van der Waals surface area contributed by atoms with Gasteiger partial charge in [-0.3, -0.25) is 5.10 Å². The molecule has 0 fully saturated rings. The van der Waals surface area contributed by atoms with Gasteiger partial charge in [-0.25, -0.2) is 15.0 Å². The van der Waals surface area contributed by atoms with Gasteiger partial charge in [-0.15, -0.1) is 0 Å². The molecule has 0 aromatic carbocycles. The van der Waals surface area contributed by atoms with E-state index in [2.05, 4.69) is 30.5 Å². The Morgan fingerprint density at radius 1 is 1.24 bits per heavy atom. The highest BCUT2D eigenvalue weighted by Crippen LogP contribution is 2.26. The smallest absolute Gasteiger partial charge is 0.199 e. The molecule has 0 aliphatic heterocycles. The van der Waals surface area contributed by atoms with Crippen molar-refractivity contribution in [2.45, 2.75) is 25.7 Å². The molecular weight excluding hydrogens is 216 g/mol. The number of aromatic nitrogens is 5. The van der Waals surface area contributed by atoms with Crippen LogP contribution >= 0.6 is 0 Å². The molecule has 0 saturated carbocycles. The van der Waals surface area contributed by atoms with Crippen molar-refractivity contribution in [3.05, 3.63) is 17.6 Å². The largest absolute Gasteiger partial charge is 0.373 e. The summed E-state index contributed by atoms with van der Waals surface area (Å²) in [5.74, 6) is 2.16. The molecule has 0 saturated heterocycles. The average molecular weight is 230 g/mol. The Kier molecular flexibility index (Phi) is 2.47. The van der Waals surface area contributed by atoms with Gasteiger partial charge in [-0.1, -0.05) is 0 Å². The average Bonchev–Trinajstić information content (AvgIpc) is 2.91. The van der Waals surface area contributed by atoms with E-state index in [-0.39, 0.29) is 0 Å². The van der Waals surface area contributed by atoms with Gasteiger partial charge in [0.05, 0.1) is 0 Å². The first kappa shape index (κ1) is 10.2. The van der Waals surface area contributed by atoms with Crippen LogP contribution in [0.5, 0.6) is 0 Å². The number of rotatable bonds is 2. The van der Waals surface area contributed by atoms with Gasteiger partial charge < -0.3 is 5.32 Å². The lowest BCUT2D eigenvalue weighted by atomic mass is 9.96. The van der Waals surface area contributed by atoms with Crippen molar-refractivity contribution in [2.75, 3.05) is 12.4 Å². The fourth-order valence-electron chi connectivity index (χ4n) is 2.22. The molecule has 2 heterocycles. The normalized spacial score (nSPS) is 14.4. The summed E-state index contributed by atoms with van der Waals surface area (Å²) < 4.78 is 0. The topological polar surface area (TPSA) is 79.4 Å². The summed E-state index contributed by atoms with van der Waals surface area (Å²) in [6, 6.07) is 0. The van der Waals surface area contributed by atoms with Crippen LogP contribution in [0.4, 0.5) is 5.82 Å². The van der Waals surface area contributed by atoms with Crippen LogP contribution in [-0.4, -0.2) is 32.2 Å². The van der Waals surface area contributed by atoms with Gasteiger partial charge in [0.25, 0.3) is 0 Å². The fourth-order valence-corrected chi connectivity index (χ4v) is 2.22. The SMILES string of the molecule is CNc1nc(-c2ncn[nH]2)nc2c1CCCC2. The van der Waals surface area contributed by atoms with Crippen LogP contribution in [0, 0.1) is 0 Å². The Morgan fingerprint density at radius 3 is 2.88 bits per heavy atom. The van der Waals surface area contributed by atoms with E-state index in [0.29, 0.717) is 11.6 Å². The van der Waals surface area contributed by atoms with Crippen LogP contribution in [0.1, 0.15) is 24.1 Å². The molecule has 6 nitrogen and oxygen atoms in total. The third-order valence-corrected chi connectivity index (χ3v) is 3.05. The second-order valence-electron chi connectivity index (χ2n) is 4.11. The van der Waals surface area contributed by atoms with Crippen LogP contribution in [0.15, 0.2) is 6.33 Å². The Hall–Kier alpha value is -1.98. The third-order valence-electron chi connectivity index (χ3n) is 3.05. The Balaban J connectivity index is 2.12. The number of H-pyrrole nitrogens is 1. The highest BCUT2D eigenvalue weighted by Gasteiger charge is 2.18. The van der Waals surface area contributed by atoms with Crippen molar-refractivity contribution in [3.8, 4) is 11.6 Å². The maximum absolute atomic E-state index is 4.58. The van der Waals surface area contributed by atoms with Crippen LogP contribution in [0.3, 0.4) is 0 Å². The van der Waals surface area contributed by atoms with E-state index in [1.165, 1.54) is 24.7 Å². The molecular formula is C11H14N6.